The Hall–Kier alpha value is -3.55. The van der Waals surface area contributed by atoms with Gasteiger partial charge in [0.1, 0.15) is 5.92 Å². The van der Waals surface area contributed by atoms with Gasteiger partial charge in [0, 0.05) is 12.2 Å². The number of benzene rings is 2. The van der Waals surface area contributed by atoms with Gasteiger partial charge in [0.25, 0.3) is 0 Å². The van der Waals surface area contributed by atoms with Crippen molar-refractivity contribution >= 4 is 23.5 Å². The summed E-state index contributed by atoms with van der Waals surface area (Å²) in [5.74, 6) is -0.984. The summed E-state index contributed by atoms with van der Waals surface area (Å²) in [5.41, 5.74) is 3.65. The Morgan fingerprint density at radius 1 is 1.03 bits per heavy atom. The molecule has 0 bridgehead atoms. The zero-order chi connectivity index (χ0) is 24.1. The summed E-state index contributed by atoms with van der Waals surface area (Å²) in [6.07, 6.45) is 0.313. The van der Waals surface area contributed by atoms with E-state index >= 15 is 0 Å². The van der Waals surface area contributed by atoms with Crippen LogP contribution in [0.4, 0.5) is 5.69 Å². The predicted molar refractivity (Wildman–Crippen MR) is 123 cm³/mol. The molecule has 3 rings (SSSR count). The molecule has 0 aliphatic carbocycles. The summed E-state index contributed by atoms with van der Waals surface area (Å²) >= 11 is 0. The topological polar surface area (TPSA) is 94.2 Å². The number of aryl methyl sites for hydroxylation is 2. The molecule has 2 amide bonds. The van der Waals surface area contributed by atoms with Gasteiger partial charge in [-0.15, -0.1) is 0 Å². The molecule has 0 spiro atoms. The first-order valence-corrected chi connectivity index (χ1v) is 10.8. The summed E-state index contributed by atoms with van der Waals surface area (Å²) in [5, 5.41) is 2.87. The van der Waals surface area contributed by atoms with Crippen molar-refractivity contribution < 1.29 is 28.6 Å². The first-order chi connectivity index (χ1) is 15.8. The molecule has 2 unspecified atom stereocenters. The second kappa shape index (κ2) is 10.4. The average molecular weight is 455 g/mol. The zero-order valence-electron chi connectivity index (χ0n) is 19.6. The SMILES string of the molecule is COC(=O)CC(NC(=O)C1CCN(c2ccc(C)c(C)c2)C1=O)c1ccc(OC)c(OC)c1. The van der Waals surface area contributed by atoms with Crippen LogP contribution in [-0.2, 0) is 19.1 Å². The van der Waals surface area contributed by atoms with Crippen LogP contribution in [0.3, 0.4) is 0 Å². The lowest BCUT2D eigenvalue weighted by atomic mass is 10.0. The van der Waals surface area contributed by atoms with Crippen molar-refractivity contribution in [3.05, 3.63) is 53.1 Å². The summed E-state index contributed by atoms with van der Waals surface area (Å²) < 4.78 is 15.4. The highest BCUT2D eigenvalue weighted by molar-refractivity contribution is 6.09. The van der Waals surface area contributed by atoms with Gasteiger partial charge in [0.05, 0.1) is 33.8 Å². The number of carbonyl (C=O) groups is 3. The van der Waals surface area contributed by atoms with Gasteiger partial charge in [-0.05, 0) is 61.2 Å². The number of nitrogens with one attached hydrogen (secondary N) is 1. The molecule has 8 nitrogen and oxygen atoms in total. The van der Waals surface area contributed by atoms with Crippen molar-refractivity contribution in [2.75, 3.05) is 32.8 Å². The minimum Gasteiger partial charge on any atom is -0.493 e. The monoisotopic (exact) mass is 454 g/mol. The molecule has 1 heterocycles. The first-order valence-electron chi connectivity index (χ1n) is 10.8. The van der Waals surface area contributed by atoms with Gasteiger partial charge in [-0.1, -0.05) is 12.1 Å². The molecule has 33 heavy (non-hydrogen) atoms. The summed E-state index contributed by atoms with van der Waals surface area (Å²) in [7, 11) is 4.32. The number of ether oxygens (including phenoxy) is 3. The molecule has 1 saturated heterocycles. The number of rotatable bonds is 8. The third-order valence-electron chi connectivity index (χ3n) is 6.05. The minimum absolute atomic E-state index is 0.0838. The molecule has 176 valence electrons. The quantitative estimate of drug-likeness (QED) is 0.487. The molecule has 1 aliphatic rings. The van der Waals surface area contributed by atoms with Crippen LogP contribution >= 0.6 is 0 Å². The lowest BCUT2D eigenvalue weighted by Gasteiger charge is -2.22. The number of methoxy groups -OCH3 is 3. The van der Waals surface area contributed by atoms with Crippen molar-refractivity contribution in [2.45, 2.75) is 32.7 Å². The fourth-order valence-corrected chi connectivity index (χ4v) is 3.92. The molecule has 0 saturated carbocycles. The Labute approximate surface area is 193 Å². The third kappa shape index (κ3) is 5.27. The predicted octanol–water partition coefficient (Wildman–Crippen LogP) is 3.09. The standard InChI is InChI=1S/C25H30N2O6/c1-15-6-8-18(12-16(15)2)27-11-10-19(25(27)30)24(29)26-20(14-23(28)33-5)17-7-9-21(31-3)22(13-17)32-4/h6-9,12-13,19-20H,10-11,14H2,1-5H3,(H,26,29). The second-order valence-corrected chi connectivity index (χ2v) is 8.06. The van der Waals surface area contributed by atoms with E-state index < -0.39 is 23.8 Å². The molecule has 8 heteroatoms. The fourth-order valence-electron chi connectivity index (χ4n) is 3.92. The highest BCUT2D eigenvalue weighted by atomic mass is 16.5. The Balaban J connectivity index is 1.80. The molecule has 0 aromatic heterocycles. The first kappa shape index (κ1) is 24.1. The van der Waals surface area contributed by atoms with Crippen LogP contribution in [-0.4, -0.2) is 45.7 Å². The van der Waals surface area contributed by atoms with Crippen LogP contribution in [0, 0.1) is 19.8 Å². The van der Waals surface area contributed by atoms with Crippen LogP contribution in [0.25, 0.3) is 0 Å². The highest BCUT2D eigenvalue weighted by Crippen LogP contribution is 2.32. The molecule has 0 radical (unpaired) electrons. The Morgan fingerprint density at radius 3 is 2.39 bits per heavy atom. The molecule has 2 atom stereocenters. The lowest BCUT2D eigenvalue weighted by Crippen LogP contribution is -2.39. The van der Waals surface area contributed by atoms with E-state index in [0.29, 0.717) is 30.0 Å². The maximum atomic E-state index is 13.1. The molecular formula is C25H30N2O6. The molecule has 1 aliphatic heterocycles. The molecule has 1 fully saturated rings. The summed E-state index contributed by atoms with van der Waals surface area (Å²) in [6, 6.07) is 10.3. The average Bonchev–Trinajstić information content (AvgIpc) is 3.21. The third-order valence-corrected chi connectivity index (χ3v) is 6.05. The van der Waals surface area contributed by atoms with Crippen molar-refractivity contribution in [1.29, 1.82) is 0 Å². The second-order valence-electron chi connectivity index (χ2n) is 8.06. The number of amides is 2. The summed E-state index contributed by atoms with van der Waals surface area (Å²) in [4.78, 5) is 39.9. The highest BCUT2D eigenvalue weighted by Gasteiger charge is 2.38. The van der Waals surface area contributed by atoms with Crippen molar-refractivity contribution in [1.82, 2.24) is 5.32 Å². The number of esters is 1. The maximum absolute atomic E-state index is 13.1. The Bertz CT molecular complexity index is 1050. The van der Waals surface area contributed by atoms with Crippen molar-refractivity contribution in [2.24, 2.45) is 5.92 Å². The molecule has 1 N–H and O–H groups in total. The van der Waals surface area contributed by atoms with Crippen molar-refractivity contribution in [3.8, 4) is 11.5 Å². The van der Waals surface area contributed by atoms with E-state index in [1.165, 1.54) is 21.3 Å². The minimum atomic E-state index is -0.827. The Kier molecular flexibility index (Phi) is 7.58. The van der Waals surface area contributed by atoms with E-state index in [4.69, 9.17) is 14.2 Å². The van der Waals surface area contributed by atoms with Gasteiger partial charge >= 0.3 is 5.97 Å². The number of carbonyl (C=O) groups excluding carboxylic acids is 3. The summed E-state index contributed by atoms with van der Waals surface area (Å²) in [6.45, 7) is 4.46. The Morgan fingerprint density at radius 2 is 1.76 bits per heavy atom. The van der Waals surface area contributed by atoms with Crippen LogP contribution in [0.2, 0.25) is 0 Å². The molecule has 2 aromatic rings. The molecular weight excluding hydrogens is 424 g/mol. The van der Waals surface area contributed by atoms with Crippen molar-refractivity contribution in [3.63, 3.8) is 0 Å². The van der Waals surface area contributed by atoms with Crippen LogP contribution in [0.5, 0.6) is 11.5 Å². The normalized spacial score (nSPS) is 16.3. The largest absolute Gasteiger partial charge is 0.493 e. The van der Waals surface area contributed by atoms with Gasteiger partial charge in [-0.2, -0.15) is 0 Å². The van der Waals surface area contributed by atoms with E-state index in [1.807, 2.05) is 32.0 Å². The number of nitrogens with zero attached hydrogens (tertiary/aromatic N) is 1. The van der Waals surface area contributed by atoms with Gasteiger partial charge in [-0.3, -0.25) is 14.4 Å². The number of hydrogen-bond acceptors (Lipinski definition) is 6. The van der Waals surface area contributed by atoms with Crippen LogP contribution < -0.4 is 19.7 Å². The number of hydrogen-bond donors (Lipinski definition) is 1. The zero-order valence-corrected chi connectivity index (χ0v) is 19.6. The van der Waals surface area contributed by atoms with Gasteiger partial charge in [0.2, 0.25) is 11.8 Å². The van der Waals surface area contributed by atoms with E-state index in [1.54, 1.807) is 23.1 Å². The lowest BCUT2D eigenvalue weighted by molar-refractivity contribution is -0.141. The maximum Gasteiger partial charge on any atom is 0.307 e. The van der Waals surface area contributed by atoms with Gasteiger partial charge in [-0.25, -0.2) is 0 Å². The molecule has 2 aromatic carbocycles. The van der Waals surface area contributed by atoms with E-state index in [-0.39, 0.29) is 12.3 Å². The van der Waals surface area contributed by atoms with Gasteiger partial charge in [0.15, 0.2) is 11.5 Å². The van der Waals surface area contributed by atoms with Gasteiger partial charge < -0.3 is 24.4 Å². The smallest absolute Gasteiger partial charge is 0.307 e. The fraction of sp³-hybridized carbons (Fsp3) is 0.400. The van der Waals surface area contributed by atoms with Crippen LogP contribution in [0.1, 0.15) is 35.6 Å². The van der Waals surface area contributed by atoms with E-state index in [2.05, 4.69) is 5.32 Å². The van der Waals surface area contributed by atoms with Crippen LogP contribution in [0.15, 0.2) is 36.4 Å². The number of anilines is 1. The van der Waals surface area contributed by atoms with E-state index in [9.17, 15) is 14.4 Å². The van der Waals surface area contributed by atoms with E-state index in [0.717, 1.165) is 16.8 Å².